The van der Waals surface area contributed by atoms with E-state index in [9.17, 15) is 4.79 Å². The lowest BCUT2D eigenvalue weighted by atomic mass is 10.1. The highest BCUT2D eigenvalue weighted by molar-refractivity contribution is 6.30. The second kappa shape index (κ2) is 9.00. The minimum atomic E-state index is -0.0328. The predicted octanol–water partition coefficient (Wildman–Crippen LogP) is 5.50. The number of rotatable bonds is 3. The highest BCUT2D eigenvalue weighted by Crippen LogP contribution is 2.21. The Hall–Kier alpha value is -3.39. The summed E-state index contributed by atoms with van der Waals surface area (Å²) in [6.45, 7) is 2.81. The maximum atomic E-state index is 12.6. The van der Waals surface area contributed by atoms with E-state index in [2.05, 4.69) is 21.7 Å². The van der Waals surface area contributed by atoms with Gasteiger partial charge >= 0.3 is 0 Å². The monoisotopic (exact) mass is 440 g/mol. The number of nitrogens with zero attached hydrogens (tertiary/aromatic N) is 2. The van der Waals surface area contributed by atoms with E-state index < -0.39 is 0 Å². The van der Waals surface area contributed by atoms with Crippen LogP contribution in [0, 0.1) is 11.8 Å². The molecule has 2 aromatic heterocycles. The van der Waals surface area contributed by atoms with Crippen LogP contribution < -0.4 is 5.43 Å². The Morgan fingerprint density at radius 2 is 1.72 bits per heavy atom. The van der Waals surface area contributed by atoms with Crippen LogP contribution in [0.25, 0.3) is 22.1 Å². The van der Waals surface area contributed by atoms with Crippen molar-refractivity contribution in [3.05, 3.63) is 99.1 Å². The molecule has 0 radical (unpaired) electrons. The molecule has 1 aliphatic rings. The molecule has 0 amide bonds. The summed E-state index contributed by atoms with van der Waals surface area (Å²) < 4.78 is 5.97. The van der Waals surface area contributed by atoms with E-state index in [1.807, 2.05) is 48.5 Å². The lowest BCUT2D eigenvalue weighted by Gasteiger charge is -2.13. The molecule has 4 aromatic rings. The fourth-order valence-corrected chi connectivity index (χ4v) is 4.07. The standard InChI is InChI=1S/C27H21ClN2O2/c28-22-8-5-20(6-9-22)21-7-11-23(29-17-21)10-3-19-4-12-27-25(15-19)26(31)16-24(32-27)18-30-13-1-2-14-30/h4-9,11-12,15-17H,1-2,13-14,18H2. The summed E-state index contributed by atoms with van der Waals surface area (Å²) in [5.74, 6) is 6.89. The van der Waals surface area contributed by atoms with Crippen molar-refractivity contribution < 1.29 is 4.42 Å². The highest BCUT2D eigenvalue weighted by Gasteiger charge is 2.14. The Morgan fingerprint density at radius 3 is 2.47 bits per heavy atom. The Bertz CT molecular complexity index is 1370. The van der Waals surface area contributed by atoms with E-state index in [-0.39, 0.29) is 5.43 Å². The zero-order valence-electron chi connectivity index (χ0n) is 17.5. The van der Waals surface area contributed by atoms with Gasteiger partial charge < -0.3 is 4.42 Å². The van der Waals surface area contributed by atoms with Crippen LogP contribution in [0.15, 0.2) is 76.1 Å². The normalized spacial score (nSPS) is 13.8. The van der Waals surface area contributed by atoms with Crippen molar-refractivity contribution in [2.75, 3.05) is 13.1 Å². The van der Waals surface area contributed by atoms with Gasteiger partial charge in [0.1, 0.15) is 17.0 Å². The SMILES string of the molecule is O=c1cc(CN2CCCC2)oc2ccc(C#Cc3ccc(-c4ccc(Cl)cc4)cn3)cc12. The zero-order chi connectivity index (χ0) is 21.9. The van der Waals surface area contributed by atoms with E-state index in [4.69, 9.17) is 16.0 Å². The van der Waals surface area contributed by atoms with Gasteiger partial charge in [-0.15, -0.1) is 0 Å². The molecular formula is C27H21ClN2O2. The first-order valence-corrected chi connectivity index (χ1v) is 11.0. The van der Waals surface area contributed by atoms with Crippen LogP contribution in [-0.4, -0.2) is 23.0 Å². The Balaban J connectivity index is 1.36. The van der Waals surface area contributed by atoms with Crippen molar-refractivity contribution in [3.63, 3.8) is 0 Å². The predicted molar refractivity (Wildman–Crippen MR) is 128 cm³/mol. The summed E-state index contributed by atoms with van der Waals surface area (Å²) >= 11 is 5.95. The average molecular weight is 441 g/mol. The van der Waals surface area contributed by atoms with Gasteiger partial charge in [0.15, 0.2) is 5.43 Å². The van der Waals surface area contributed by atoms with Crippen molar-refractivity contribution in [1.29, 1.82) is 0 Å². The number of fused-ring (bicyclic) bond motifs is 1. The highest BCUT2D eigenvalue weighted by atomic mass is 35.5. The topological polar surface area (TPSA) is 46.3 Å². The number of aromatic nitrogens is 1. The molecule has 32 heavy (non-hydrogen) atoms. The molecule has 0 aliphatic carbocycles. The molecule has 0 saturated carbocycles. The van der Waals surface area contributed by atoms with Crippen LogP contribution in [0.4, 0.5) is 0 Å². The summed E-state index contributed by atoms with van der Waals surface area (Å²) in [4.78, 5) is 19.4. The molecule has 1 fully saturated rings. The molecule has 0 spiro atoms. The first-order chi connectivity index (χ1) is 15.6. The molecular weight excluding hydrogens is 420 g/mol. The van der Waals surface area contributed by atoms with Gasteiger partial charge in [-0.1, -0.05) is 35.7 Å². The van der Waals surface area contributed by atoms with Gasteiger partial charge in [-0.25, -0.2) is 4.98 Å². The number of halogens is 1. The fraction of sp³-hybridized carbons (Fsp3) is 0.185. The van der Waals surface area contributed by atoms with Gasteiger partial charge in [0.2, 0.25) is 0 Å². The molecule has 0 unspecified atom stereocenters. The van der Waals surface area contributed by atoms with Crippen LogP contribution >= 0.6 is 11.6 Å². The molecule has 1 saturated heterocycles. The second-order valence-corrected chi connectivity index (χ2v) is 8.40. The third-order valence-corrected chi connectivity index (χ3v) is 5.88. The number of hydrogen-bond donors (Lipinski definition) is 0. The summed E-state index contributed by atoms with van der Waals surface area (Å²) in [7, 11) is 0. The summed E-state index contributed by atoms with van der Waals surface area (Å²) in [5.41, 5.74) is 4.03. The molecule has 5 rings (SSSR count). The van der Waals surface area contributed by atoms with E-state index >= 15 is 0 Å². The molecule has 2 aromatic carbocycles. The molecule has 1 aliphatic heterocycles. The molecule has 5 heteroatoms. The van der Waals surface area contributed by atoms with Crippen molar-refractivity contribution in [2.24, 2.45) is 0 Å². The molecule has 158 valence electrons. The maximum Gasteiger partial charge on any atom is 0.193 e. The average Bonchev–Trinajstić information content (AvgIpc) is 3.32. The fourth-order valence-electron chi connectivity index (χ4n) is 3.94. The van der Waals surface area contributed by atoms with Gasteiger partial charge in [-0.3, -0.25) is 9.69 Å². The Morgan fingerprint density at radius 1 is 0.938 bits per heavy atom. The van der Waals surface area contributed by atoms with Gasteiger partial charge in [-0.2, -0.15) is 0 Å². The summed E-state index contributed by atoms with van der Waals surface area (Å²) in [6.07, 6.45) is 4.21. The lowest BCUT2D eigenvalue weighted by molar-refractivity contribution is 0.299. The van der Waals surface area contributed by atoms with Crippen molar-refractivity contribution in [2.45, 2.75) is 19.4 Å². The largest absolute Gasteiger partial charge is 0.459 e. The quantitative estimate of drug-likeness (QED) is 0.394. The Kier molecular flexibility index (Phi) is 5.77. The lowest BCUT2D eigenvalue weighted by Crippen LogP contribution is -2.19. The molecule has 3 heterocycles. The third-order valence-electron chi connectivity index (χ3n) is 5.63. The van der Waals surface area contributed by atoms with E-state index in [1.54, 1.807) is 18.3 Å². The molecule has 0 atom stereocenters. The summed E-state index contributed by atoms with van der Waals surface area (Å²) in [6, 6.07) is 18.6. The minimum Gasteiger partial charge on any atom is -0.459 e. The Labute approximate surface area is 191 Å². The van der Waals surface area contributed by atoms with E-state index in [0.717, 1.165) is 29.8 Å². The number of pyridine rings is 1. The van der Waals surface area contributed by atoms with E-state index in [0.29, 0.717) is 34.0 Å². The van der Waals surface area contributed by atoms with Gasteiger partial charge in [0, 0.05) is 28.4 Å². The molecule has 0 N–H and O–H groups in total. The summed E-state index contributed by atoms with van der Waals surface area (Å²) in [5, 5.41) is 1.25. The first-order valence-electron chi connectivity index (χ1n) is 10.7. The molecule has 0 bridgehead atoms. The van der Waals surface area contributed by atoms with Gasteiger partial charge in [0.25, 0.3) is 0 Å². The zero-order valence-corrected chi connectivity index (χ0v) is 18.2. The smallest absolute Gasteiger partial charge is 0.193 e. The van der Waals surface area contributed by atoms with E-state index in [1.165, 1.54) is 12.8 Å². The number of hydrogen-bond acceptors (Lipinski definition) is 4. The van der Waals surface area contributed by atoms with Crippen molar-refractivity contribution in [3.8, 4) is 23.0 Å². The van der Waals surface area contributed by atoms with Crippen LogP contribution in [0.2, 0.25) is 5.02 Å². The van der Waals surface area contributed by atoms with Crippen molar-refractivity contribution in [1.82, 2.24) is 9.88 Å². The molecule has 4 nitrogen and oxygen atoms in total. The van der Waals surface area contributed by atoms with Crippen LogP contribution in [-0.2, 0) is 6.54 Å². The number of likely N-dealkylation sites (tertiary alicyclic amines) is 1. The van der Waals surface area contributed by atoms with Gasteiger partial charge in [0.05, 0.1) is 11.9 Å². The maximum absolute atomic E-state index is 12.6. The minimum absolute atomic E-state index is 0.0328. The third kappa shape index (κ3) is 4.60. The second-order valence-electron chi connectivity index (χ2n) is 7.96. The van der Waals surface area contributed by atoms with Crippen LogP contribution in [0.5, 0.6) is 0 Å². The van der Waals surface area contributed by atoms with Crippen molar-refractivity contribution >= 4 is 22.6 Å². The first kappa shape index (κ1) is 20.5. The van der Waals surface area contributed by atoms with Gasteiger partial charge in [-0.05, 0) is 73.8 Å². The van der Waals surface area contributed by atoms with Crippen LogP contribution in [0.3, 0.4) is 0 Å². The number of benzene rings is 2. The van der Waals surface area contributed by atoms with Crippen LogP contribution in [0.1, 0.15) is 29.9 Å².